The van der Waals surface area contributed by atoms with Gasteiger partial charge in [0.2, 0.25) is 0 Å². The van der Waals surface area contributed by atoms with E-state index in [0.717, 1.165) is 17.7 Å². The predicted molar refractivity (Wildman–Crippen MR) is 57.2 cm³/mol. The minimum Gasteiger partial charge on any atom is -0.481 e. The van der Waals surface area contributed by atoms with Crippen molar-refractivity contribution in [2.24, 2.45) is 5.92 Å². The van der Waals surface area contributed by atoms with E-state index < -0.39 is 11.9 Å². The van der Waals surface area contributed by atoms with Crippen LogP contribution in [0.3, 0.4) is 0 Å². The van der Waals surface area contributed by atoms with Crippen molar-refractivity contribution in [1.82, 2.24) is 10.2 Å². The summed E-state index contributed by atoms with van der Waals surface area (Å²) in [6.45, 7) is 4.93. The van der Waals surface area contributed by atoms with Gasteiger partial charge in [-0.15, -0.1) is 0 Å². The Morgan fingerprint density at radius 2 is 2.31 bits per heavy atom. The van der Waals surface area contributed by atoms with Gasteiger partial charge in [-0.1, -0.05) is 13.8 Å². The lowest BCUT2D eigenvalue weighted by Crippen LogP contribution is -2.20. The van der Waals surface area contributed by atoms with Crippen molar-refractivity contribution in [2.75, 3.05) is 6.61 Å². The second kappa shape index (κ2) is 4.25. The average Bonchev–Trinajstić information content (AvgIpc) is 2.61. The van der Waals surface area contributed by atoms with Crippen LogP contribution in [0.2, 0.25) is 0 Å². The Labute approximate surface area is 93.8 Å². The molecule has 5 nitrogen and oxygen atoms in total. The molecule has 0 aromatic carbocycles. The second-order valence-electron chi connectivity index (χ2n) is 4.43. The highest BCUT2D eigenvalue weighted by atomic mass is 16.5. The van der Waals surface area contributed by atoms with E-state index in [1.165, 1.54) is 0 Å². The second-order valence-corrected chi connectivity index (χ2v) is 4.43. The molecule has 0 radical (unpaired) electrons. The number of fused-ring (bicyclic) bond motifs is 1. The molecule has 1 aliphatic heterocycles. The number of ether oxygens (including phenoxy) is 1. The topological polar surface area (TPSA) is 75.2 Å². The van der Waals surface area contributed by atoms with Crippen LogP contribution in [0.1, 0.15) is 36.7 Å². The molecule has 1 aromatic rings. The Balaban J connectivity index is 2.38. The first kappa shape index (κ1) is 11.1. The third-order valence-corrected chi connectivity index (χ3v) is 2.95. The maximum absolute atomic E-state index is 11.2. The number of hydrogen-bond donors (Lipinski definition) is 2. The molecule has 16 heavy (non-hydrogen) atoms. The summed E-state index contributed by atoms with van der Waals surface area (Å²) < 4.78 is 5.35. The molecule has 88 valence electrons. The van der Waals surface area contributed by atoms with Gasteiger partial charge in [-0.25, -0.2) is 0 Å². The quantitative estimate of drug-likeness (QED) is 0.811. The largest absolute Gasteiger partial charge is 0.481 e. The molecule has 0 aliphatic carbocycles. The molecule has 1 unspecified atom stereocenters. The summed E-state index contributed by atoms with van der Waals surface area (Å²) in [6, 6.07) is 0. The smallest absolute Gasteiger partial charge is 0.312 e. The lowest BCUT2D eigenvalue weighted by Gasteiger charge is -2.18. The Morgan fingerprint density at radius 1 is 1.56 bits per heavy atom. The van der Waals surface area contributed by atoms with Crippen LogP contribution in [0, 0.1) is 5.92 Å². The van der Waals surface area contributed by atoms with Gasteiger partial charge in [-0.05, 0) is 5.92 Å². The molecule has 2 N–H and O–H groups in total. The molecular weight excluding hydrogens is 208 g/mol. The summed E-state index contributed by atoms with van der Waals surface area (Å²) in [5.74, 6) is -1.36. The van der Waals surface area contributed by atoms with Crippen molar-refractivity contribution < 1.29 is 14.6 Å². The number of carboxylic acids is 1. The van der Waals surface area contributed by atoms with E-state index >= 15 is 0 Å². The molecule has 5 heteroatoms. The summed E-state index contributed by atoms with van der Waals surface area (Å²) in [5.41, 5.74) is 2.60. The molecule has 1 aliphatic rings. The van der Waals surface area contributed by atoms with E-state index in [0.29, 0.717) is 18.9 Å². The highest BCUT2D eigenvalue weighted by Gasteiger charge is 2.30. The SMILES string of the molecule is CC(C)C(C(=O)O)c1n[nH]c2c1COCC2. The standard InChI is InChI=1S/C11H16N2O3/c1-6(2)9(11(14)15)10-7-5-16-4-3-8(7)12-13-10/h6,9H,3-5H2,1-2H3,(H,12,13)(H,14,15). The number of nitrogens with zero attached hydrogens (tertiary/aromatic N) is 1. The van der Waals surface area contributed by atoms with Crippen LogP contribution in [0.15, 0.2) is 0 Å². The zero-order valence-corrected chi connectivity index (χ0v) is 9.49. The fourth-order valence-corrected chi connectivity index (χ4v) is 2.11. The van der Waals surface area contributed by atoms with E-state index in [1.54, 1.807) is 0 Å². The first-order valence-electron chi connectivity index (χ1n) is 5.47. The summed E-state index contributed by atoms with van der Waals surface area (Å²) in [7, 11) is 0. The van der Waals surface area contributed by atoms with Crippen molar-refractivity contribution in [3.05, 3.63) is 17.0 Å². The van der Waals surface area contributed by atoms with E-state index in [9.17, 15) is 9.90 Å². The fraction of sp³-hybridized carbons (Fsp3) is 0.636. The monoisotopic (exact) mass is 224 g/mol. The summed E-state index contributed by atoms with van der Waals surface area (Å²) in [5, 5.41) is 16.3. The molecule has 2 rings (SSSR count). The number of carboxylic acid groups (broad SMARTS) is 1. The van der Waals surface area contributed by atoms with Crippen molar-refractivity contribution >= 4 is 5.97 Å². The highest BCUT2D eigenvalue weighted by Crippen LogP contribution is 2.29. The van der Waals surface area contributed by atoms with Crippen LogP contribution in [0.25, 0.3) is 0 Å². The van der Waals surface area contributed by atoms with E-state index in [2.05, 4.69) is 10.2 Å². The number of carbonyl (C=O) groups is 1. The number of aliphatic carboxylic acids is 1. The third kappa shape index (κ3) is 1.82. The Hall–Kier alpha value is -1.36. The zero-order chi connectivity index (χ0) is 11.7. The maximum atomic E-state index is 11.2. The van der Waals surface area contributed by atoms with Gasteiger partial charge in [-0.3, -0.25) is 9.89 Å². The van der Waals surface area contributed by atoms with Gasteiger partial charge >= 0.3 is 5.97 Å². The molecule has 0 bridgehead atoms. The average molecular weight is 224 g/mol. The van der Waals surface area contributed by atoms with Crippen molar-refractivity contribution in [2.45, 2.75) is 32.8 Å². The molecule has 2 heterocycles. The van der Waals surface area contributed by atoms with Crippen molar-refractivity contribution in [3.8, 4) is 0 Å². The summed E-state index contributed by atoms with van der Waals surface area (Å²) >= 11 is 0. The predicted octanol–water partition coefficient (Wildman–Crippen LogP) is 1.31. The van der Waals surface area contributed by atoms with Crippen LogP contribution in [-0.4, -0.2) is 27.9 Å². The van der Waals surface area contributed by atoms with E-state index in [4.69, 9.17) is 4.74 Å². The van der Waals surface area contributed by atoms with Gasteiger partial charge in [0.1, 0.15) is 5.92 Å². The van der Waals surface area contributed by atoms with Gasteiger partial charge in [-0.2, -0.15) is 5.10 Å². The fourth-order valence-electron chi connectivity index (χ4n) is 2.11. The Kier molecular flexibility index (Phi) is 2.96. The first-order chi connectivity index (χ1) is 7.61. The van der Waals surface area contributed by atoms with Gasteiger partial charge < -0.3 is 9.84 Å². The highest BCUT2D eigenvalue weighted by molar-refractivity contribution is 5.76. The van der Waals surface area contributed by atoms with Crippen LogP contribution in [-0.2, 0) is 22.6 Å². The van der Waals surface area contributed by atoms with E-state index in [-0.39, 0.29) is 5.92 Å². The van der Waals surface area contributed by atoms with E-state index in [1.807, 2.05) is 13.8 Å². The first-order valence-corrected chi connectivity index (χ1v) is 5.47. The number of nitrogens with one attached hydrogen (secondary N) is 1. The molecule has 1 atom stereocenters. The minimum atomic E-state index is -0.824. The third-order valence-electron chi connectivity index (χ3n) is 2.95. The van der Waals surface area contributed by atoms with Gasteiger partial charge in [0, 0.05) is 17.7 Å². The Morgan fingerprint density at radius 3 is 2.94 bits per heavy atom. The lowest BCUT2D eigenvalue weighted by atomic mass is 9.89. The number of aromatic amines is 1. The number of H-pyrrole nitrogens is 1. The van der Waals surface area contributed by atoms with Crippen LogP contribution in [0.5, 0.6) is 0 Å². The van der Waals surface area contributed by atoms with Crippen molar-refractivity contribution in [3.63, 3.8) is 0 Å². The maximum Gasteiger partial charge on any atom is 0.312 e. The van der Waals surface area contributed by atoms with Gasteiger partial charge in [0.15, 0.2) is 0 Å². The summed E-state index contributed by atoms with van der Waals surface area (Å²) in [4.78, 5) is 11.2. The minimum absolute atomic E-state index is 0.0202. The molecule has 0 saturated heterocycles. The lowest BCUT2D eigenvalue weighted by molar-refractivity contribution is -0.140. The number of hydrogen-bond acceptors (Lipinski definition) is 3. The van der Waals surface area contributed by atoms with Crippen molar-refractivity contribution in [1.29, 1.82) is 0 Å². The van der Waals surface area contributed by atoms with Gasteiger partial charge in [0.05, 0.1) is 18.9 Å². The van der Waals surface area contributed by atoms with Crippen LogP contribution < -0.4 is 0 Å². The molecule has 0 fully saturated rings. The van der Waals surface area contributed by atoms with Crippen LogP contribution >= 0.6 is 0 Å². The molecule has 0 amide bonds. The molecule has 0 saturated carbocycles. The molecular formula is C11H16N2O3. The number of aromatic nitrogens is 2. The Bertz CT molecular complexity index is 398. The van der Waals surface area contributed by atoms with Gasteiger partial charge in [0.25, 0.3) is 0 Å². The number of rotatable bonds is 3. The molecule has 0 spiro atoms. The van der Waals surface area contributed by atoms with Crippen LogP contribution in [0.4, 0.5) is 0 Å². The molecule has 1 aromatic heterocycles. The summed E-state index contributed by atoms with van der Waals surface area (Å²) in [6.07, 6.45) is 0.784. The zero-order valence-electron chi connectivity index (χ0n) is 9.49. The normalized spacial score (nSPS) is 17.2.